The number of carbonyl (C=O) groups is 1. The molecule has 1 amide bonds. The van der Waals surface area contributed by atoms with Gasteiger partial charge in [-0.05, 0) is 33.1 Å². The van der Waals surface area contributed by atoms with Gasteiger partial charge in [-0.15, -0.1) is 0 Å². The molecule has 0 aromatic heterocycles. The Balaban J connectivity index is 2.35. The minimum atomic E-state index is -0.101. The van der Waals surface area contributed by atoms with Crippen LogP contribution in [0.3, 0.4) is 0 Å². The average molecular weight is 214 g/mol. The first-order valence-corrected chi connectivity index (χ1v) is 5.71. The van der Waals surface area contributed by atoms with E-state index in [0.29, 0.717) is 19.6 Å². The molecule has 4 nitrogen and oxygen atoms in total. The van der Waals surface area contributed by atoms with Crippen LogP contribution in [0.25, 0.3) is 0 Å². The van der Waals surface area contributed by atoms with Crippen LogP contribution in [0, 0.1) is 0 Å². The summed E-state index contributed by atoms with van der Waals surface area (Å²) in [5, 5.41) is 3.04. The van der Waals surface area contributed by atoms with Gasteiger partial charge in [-0.25, -0.2) is 0 Å². The van der Waals surface area contributed by atoms with Gasteiger partial charge in [0.15, 0.2) is 0 Å². The lowest BCUT2D eigenvalue weighted by atomic mass is 9.77. The van der Waals surface area contributed by atoms with Gasteiger partial charge in [0.1, 0.15) is 0 Å². The Bertz CT molecular complexity index is 213. The number of hydrogen-bond donors (Lipinski definition) is 2. The van der Waals surface area contributed by atoms with E-state index in [1.54, 1.807) is 0 Å². The predicted molar refractivity (Wildman–Crippen MR) is 59.5 cm³/mol. The molecular weight excluding hydrogens is 192 g/mol. The molecule has 1 aliphatic rings. The highest BCUT2D eigenvalue weighted by molar-refractivity contribution is 5.77. The lowest BCUT2D eigenvalue weighted by molar-refractivity contribution is -0.125. The second-order valence-corrected chi connectivity index (χ2v) is 4.58. The Morgan fingerprint density at radius 3 is 2.60 bits per heavy atom. The molecule has 0 spiro atoms. The number of ether oxygens (including phenoxy) is 1. The van der Waals surface area contributed by atoms with E-state index in [4.69, 9.17) is 10.5 Å². The van der Waals surface area contributed by atoms with Gasteiger partial charge in [-0.1, -0.05) is 0 Å². The first kappa shape index (κ1) is 12.5. The van der Waals surface area contributed by atoms with E-state index in [9.17, 15) is 4.79 Å². The molecule has 0 heterocycles. The molecule has 15 heavy (non-hydrogen) atoms. The number of hydrogen-bond acceptors (Lipinski definition) is 3. The van der Waals surface area contributed by atoms with Crippen LogP contribution in [0.1, 0.15) is 39.5 Å². The smallest absolute Gasteiger partial charge is 0.221 e. The highest BCUT2D eigenvalue weighted by atomic mass is 16.5. The van der Waals surface area contributed by atoms with Gasteiger partial charge in [0.2, 0.25) is 5.91 Å². The largest absolute Gasteiger partial charge is 0.376 e. The fourth-order valence-electron chi connectivity index (χ4n) is 1.72. The van der Waals surface area contributed by atoms with Crippen molar-refractivity contribution in [3.05, 3.63) is 0 Å². The minimum absolute atomic E-state index is 0.0459. The van der Waals surface area contributed by atoms with Gasteiger partial charge < -0.3 is 15.8 Å². The fraction of sp³-hybridized carbons (Fsp3) is 0.909. The lowest BCUT2D eigenvalue weighted by Crippen LogP contribution is -2.57. The molecule has 0 atom stereocenters. The van der Waals surface area contributed by atoms with E-state index < -0.39 is 0 Å². The van der Waals surface area contributed by atoms with Crippen LogP contribution in [0.2, 0.25) is 0 Å². The third-order valence-electron chi connectivity index (χ3n) is 2.78. The quantitative estimate of drug-likeness (QED) is 0.687. The lowest BCUT2D eigenvalue weighted by Gasteiger charge is -2.42. The van der Waals surface area contributed by atoms with Crippen molar-refractivity contribution in [3.8, 4) is 0 Å². The molecule has 0 aromatic rings. The highest BCUT2D eigenvalue weighted by Gasteiger charge is 2.38. The molecule has 0 aromatic carbocycles. The molecule has 0 unspecified atom stereocenters. The summed E-state index contributed by atoms with van der Waals surface area (Å²) < 4.78 is 5.58. The Hall–Kier alpha value is -0.610. The van der Waals surface area contributed by atoms with Crippen LogP contribution in [-0.4, -0.2) is 30.7 Å². The molecule has 4 heteroatoms. The van der Waals surface area contributed by atoms with Crippen molar-refractivity contribution in [1.29, 1.82) is 0 Å². The highest BCUT2D eigenvalue weighted by Crippen LogP contribution is 2.32. The maximum atomic E-state index is 11.4. The zero-order chi connectivity index (χ0) is 11.3. The summed E-state index contributed by atoms with van der Waals surface area (Å²) in [7, 11) is 0. The van der Waals surface area contributed by atoms with Gasteiger partial charge in [0.05, 0.1) is 18.2 Å². The van der Waals surface area contributed by atoms with Crippen LogP contribution in [0.15, 0.2) is 0 Å². The van der Waals surface area contributed by atoms with E-state index in [0.717, 1.165) is 12.8 Å². The number of rotatable bonds is 6. The molecule has 88 valence electrons. The Kier molecular flexibility index (Phi) is 4.54. The maximum Gasteiger partial charge on any atom is 0.221 e. The van der Waals surface area contributed by atoms with Gasteiger partial charge in [0, 0.05) is 13.0 Å². The van der Waals surface area contributed by atoms with Crippen molar-refractivity contribution < 1.29 is 9.53 Å². The second-order valence-electron chi connectivity index (χ2n) is 4.58. The summed E-state index contributed by atoms with van der Waals surface area (Å²) in [4.78, 5) is 11.4. The van der Waals surface area contributed by atoms with Crippen molar-refractivity contribution in [2.45, 2.75) is 51.2 Å². The SMILES string of the molecule is CC(C)OCC1(NC(=O)CCN)CCC1. The molecule has 0 bridgehead atoms. The summed E-state index contributed by atoms with van der Waals surface area (Å²) in [5.41, 5.74) is 5.24. The van der Waals surface area contributed by atoms with Gasteiger partial charge >= 0.3 is 0 Å². The van der Waals surface area contributed by atoms with Gasteiger partial charge in [-0.3, -0.25) is 4.79 Å². The fourth-order valence-corrected chi connectivity index (χ4v) is 1.72. The van der Waals surface area contributed by atoms with Crippen LogP contribution >= 0.6 is 0 Å². The average Bonchev–Trinajstić information content (AvgIpc) is 2.09. The number of amides is 1. The molecule has 3 N–H and O–H groups in total. The van der Waals surface area contributed by atoms with E-state index in [2.05, 4.69) is 5.32 Å². The molecule has 0 radical (unpaired) electrons. The number of nitrogens with two attached hydrogens (primary N) is 1. The van der Waals surface area contributed by atoms with Crippen LogP contribution in [0.4, 0.5) is 0 Å². The standard InChI is InChI=1S/C11H22N2O2/c1-9(2)15-8-11(5-3-6-11)13-10(14)4-7-12/h9H,3-8,12H2,1-2H3,(H,13,14). The molecule has 1 rings (SSSR count). The molecular formula is C11H22N2O2. The Morgan fingerprint density at radius 1 is 1.53 bits per heavy atom. The molecule has 0 aliphatic heterocycles. The minimum Gasteiger partial charge on any atom is -0.376 e. The summed E-state index contributed by atoms with van der Waals surface area (Å²) in [5.74, 6) is 0.0459. The summed E-state index contributed by atoms with van der Waals surface area (Å²) >= 11 is 0. The van der Waals surface area contributed by atoms with Crippen molar-refractivity contribution in [3.63, 3.8) is 0 Å². The summed E-state index contributed by atoms with van der Waals surface area (Å²) in [6.07, 6.45) is 3.84. The topological polar surface area (TPSA) is 64.3 Å². The van der Waals surface area contributed by atoms with Gasteiger partial charge in [-0.2, -0.15) is 0 Å². The first-order chi connectivity index (χ1) is 7.08. The Morgan fingerprint density at radius 2 is 2.20 bits per heavy atom. The van der Waals surface area contributed by atoms with Crippen LogP contribution in [0.5, 0.6) is 0 Å². The van der Waals surface area contributed by atoms with Gasteiger partial charge in [0.25, 0.3) is 0 Å². The number of nitrogens with one attached hydrogen (secondary N) is 1. The normalized spacial score (nSPS) is 18.7. The zero-order valence-electron chi connectivity index (χ0n) is 9.71. The third kappa shape index (κ3) is 3.80. The predicted octanol–water partition coefficient (Wildman–Crippen LogP) is 0.799. The van der Waals surface area contributed by atoms with E-state index in [1.165, 1.54) is 6.42 Å². The third-order valence-corrected chi connectivity index (χ3v) is 2.78. The Labute approximate surface area is 91.5 Å². The van der Waals surface area contributed by atoms with Crippen molar-refractivity contribution in [2.75, 3.05) is 13.2 Å². The van der Waals surface area contributed by atoms with Crippen LogP contribution in [-0.2, 0) is 9.53 Å². The first-order valence-electron chi connectivity index (χ1n) is 5.71. The monoisotopic (exact) mass is 214 g/mol. The summed E-state index contributed by atoms with van der Waals surface area (Å²) in [6.45, 7) is 5.05. The van der Waals surface area contributed by atoms with Crippen molar-refractivity contribution in [2.24, 2.45) is 5.73 Å². The summed E-state index contributed by atoms with van der Waals surface area (Å²) in [6, 6.07) is 0. The maximum absolute atomic E-state index is 11.4. The molecule has 0 saturated heterocycles. The molecule has 1 saturated carbocycles. The van der Waals surface area contributed by atoms with Crippen LogP contribution < -0.4 is 11.1 Å². The number of carbonyl (C=O) groups excluding carboxylic acids is 1. The molecule has 1 fully saturated rings. The van der Waals surface area contributed by atoms with Crippen molar-refractivity contribution >= 4 is 5.91 Å². The van der Waals surface area contributed by atoms with Crippen molar-refractivity contribution in [1.82, 2.24) is 5.32 Å². The van der Waals surface area contributed by atoms with E-state index in [-0.39, 0.29) is 17.6 Å². The zero-order valence-corrected chi connectivity index (χ0v) is 9.71. The van der Waals surface area contributed by atoms with E-state index >= 15 is 0 Å². The van der Waals surface area contributed by atoms with E-state index in [1.807, 2.05) is 13.8 Å². The molecule has 1 aliphatic carbocycles. The second kappa shape index (κ2) is 5.47.